The van der Waals surface area contributed by atoms with Crippen LogP contribution in [0.15, 0.2) is 41.3 Å². The Balaban J connectivity index is 1.46. The molecule has 1 N–H and O–H groups in total. The van der Waals surface area contributed by atoms with Gasteiger partial charge in [0.15, 0.2) is 15.6 Å². The van der Waals surface area contributed by atoms with Gasteiger partial charge in [0, 0.05) is 30.6 Å². The third kappa shape index (κ3) is 3.87. The fourth-order valence-electron chi connectivity index (χ4n) is 3.99. The van der Waals surface area contributed by atoms with Gasteiger partial charge in [-0.2, -0.15) is 0 Å². The molecule has 0 saturated carbocycles. The number of anilines is 2. The lowest BCUT2D eigenvalue weighted by Crippen LogP contribution is -2.32. The van der Waals surface area contributed by atoms with Crippen LogP contribution in [0.1, 0.15) is 41.3 Å². The molecule has 0 radical (unpaired) electrons. The van der Waals surface area contributed by atoms with Crippen molar-refractivity contribution < 1.29 is 22.8 Å². The second-order valence-electron chi connectivity index (χ2n) is 7.64. The molecule has 0 aromatic heterocycles. The van der Waals surface area contributed by atoms with Crippen molar-refractivity contribution in [1.82, 2.24) is 0 Å². The summed E-state index contributed by atoms with van der Waals surface area (Å²) >= 11 is 0. The first-order chi connectivity index (χ1) is 14.2. The average Bonchev–Trinajstić information content (AvgIpc) is 3.15. The van der Waals surface area contributed by atoms with Crippen LogP contribution in [0, 0.1) is 0 Å². The lowest BCUT2D eigenvalue weighted by molar-refractivity contribution is -0.119. The van der Waals surface area contributed by atoms with Gasteiger partial charge < -0.3 is 10.2 Å². The molecular formula is C22H22N2O5S. The molecule has 0 atom stereocenters. The molecule has 2 aliphatic heterocycles. The Hall–Kier alpha value is -3.00. The summed E-state index contributed by atoms with van der Waals surface area (Å²) in [4.78, 5) is 37.7. The van der Waals surface area contributed by atoms with Crippen LogP contribution in [0.2, 0.25) is 0 Å². The second kappa shape index (κ2) is 7.68. The van der Waals surface area contributed by atoms with Gasteiger partial charge in [0.05, 0.1) is 16.3 Å². The van der Waals surface area contributed by atoms with Gasteiger partial charge in [-0.1, -0.05) is 12.1 Å². The maximum absolute atomic E-state index is 12.9. The van der Waals surface area contributed by atoms with Gasteiger partial charge in [-0.15, -0.1) is 0 Å². The van der Waals surface area contributed by atoms with Crippen molar-refractivity contribution in [3.8, 4) is 0 Å². The molecule has 2 aliphatic rings. The highest BCUT2D eigenvalue weighted by molar-refractivity contribution is 7.91. The number of hydrogen-bond donors (Lipinski definition) is 1. The fourth-order valence-corrected chi connectivity index (χ4v) is 5.32. The SMILES string of the molecule is CC(=O)c1cccc(NC(=O)CCS(=O)(=O)c2cc3c4c(c2)CCN4C(=O)CC3)c1. The molecule has 156 valence electrons. The zero-order valence-corrected chi connectivity index (χ0v) is 17.4. The van der Waals surface area contributed by atoms with Crippen LogP contribution in [0.5, 0.6) is 0 Å². The first-order valence-electron chi connectivity index (χ1n) is 9.84. The highest BCUT2D eigenvalue weighted by atomic mass is 32.2. The Labute approximate surface area is 175 Å². The van der Waals surface area contributed by atoms with Gasteiger partial charge in [-0.3, -0.25) is 14.4 Å². The molecular weight excluding hydrogens is 404 g/mol. The number of aryl methyl sites for hydroxylation is 1. The number of carbonyl (C=O) groups excluding carboxylic acids is 3. The third-order valence-electron chi connectivity index (χ3n) is 5.54. The van der Waals surface area contributed by atoms with Crippen LogP contribution in [-0.4, -0.2) is 38.3 Å². The van der Waals surface area contributed by atoms with Crippen molar-refractivity contribution in [3.05, 3.63) is 53.1 Å². The van der Waals surface area contributed by atoms with Crippen molar-refractivity contribution in [3.63, 3.8) is 0 Å². The monoisotopic (exact) mass is 426 g/mol. The summed E-state index contributed by atoms with van der Waals surface area (Å²) < 4.78 is 25.7. The fraction of sp³-hybridized carbons (Fsp3) is 0.318. The Morgan fingerprint density at radius 3 is 2.53 bits per heavy atom. The smallest absolute Gasteiger partial charge is 0.227 e. The van der Waals surface area contributed by atoms with E-state index in [2.05, 4.69) is 5.32 Å². The molecule has 2 amide bonds. The molecule has 4 rings (SSSR count). The summed E-state index contributed by atoms with van der Waals surface area (Å²) in [5.41, 5.74) is 3.56. The van der Waals surface area contributed by atoms with E-state index in [0.717, 1.165) is 16.8 Å². The minimum absolute atomic E-state index is 0.0855. The van der Waals surface area contributed by atoms with Gasteiger partial charge >= 0.3 is 0 Å². The summed E-state index contributed by atoms with van der Waals surface area (Å²) in [6, 6.07) is 9.81. The van der Waals surface area contributed by atoms with Gasteiger partial charge in [-0.05, 0) is 55.2 Å². The van der Waals surface area contributed by atoms with Crippen LogP contribution >= 0.6 is 0 Å². The number of ketones is 1. The topological polar surface area (TPSA) is 101 Å². The number of nitrogens with one attached hydrogen (secondary N) is 1. The Morgan fingerprint density at radius 2 is 1.80 bits per heavy atom. The quantitative estimate of drug-likeness (QED) is 0.716. The lowest BCUT2D eigenvalue weighted by Gasteiger charge is -2.25. The van der Waals surface area contributed by atoms with Crippen LogP contribution in [0.25, 0.3) is 0 Å². The summed E-state index contributed by atoms with van der Waals surface area (Å²) in [6.07, 6.45) is 1.37. The Morgan fingerprint density at radius 1 is 1.07 bits per heavy atom. The average molecular weight is 426 g/mol. The van der Waals surface area contributed by atoms with Gasteiger partial charge in [-0.25, -0.2) is 8.42 Å². The zero-order chi connectivity index (χ0) is 21.5. The van der Waals surface area contributed by atoms with E-state index in [9.17, 15) is 22.8 Å². The first-order valence-corrected chi connectivity index (χ1v) is 11.5. The van der Waals surface area contributed by atoms with Crippen molar-refractivity contribution >= 4 is 38.8 Å². The molecule has 2 aromatic carbocycles. The number of sulfone groups is 1. The number of amides is 2. The van der Waals surface area contributed by atoms with Gasteiger partial charge in [0.25, 0.3) is 0 Å². The summed E-state index contributed by atoms with van der Waals surface area (Å²) in [6.45, 7) is 2.03. The normalized spacial score (nSPS) is 15.1. The maximum atomic E-state index is 12.9. The highest BCUT2D eigenvalue weighted by Gasteiger charge is 2.33. The largest absolute Gasteiger partial charge is 0.326 e. The van der Waals surface area contributed by atoms with E-state index in [0.29, 0.717) is 37.1 Å². The molecule has 2 aromatic rings. The predicted molar refractivity (Wildman–Crippen MR) is 113 cm³/mol. The summed E-state index contributed by atoms with van der Waals surface area (Å²) in [7, 11) is -3.65. The van der Waals surface area contributed by atoms with Crippen molar-refractivity contribution in [1.29, 1.82) is 0 Å². The van der Waals surface area contributed by atoms with Crippen LogP contribution in [0.3, 0.4) is 0 Å². The summed E-state index contributed by atoms with van der Waals surface area (Å²) in [5.74, 6) is -0.776. The predicted octanol–water partition coefficient (Wildman–Crippen LogP) is 2.53. The standard InChI is InChI=1S/C22H22N2O5S/c1-14(25)15-3-2-4-18(11-15)23-20(26)8-10-30(28,29)19-12-16-5-6-21(27)24-9-7-17(13-19)22(16)24/h2-4,11-13H,5-10H2,1H3,(H,23,26). The minimum atomic E-state index is -3.65. The van der Waals surface area contributed by atoms with Crippen molar-refractivity contribution in [2.24, 2.45) is 0 Å². The summed E-state index contributed by atoms with van der Waals surface area (Å²) in [5, 5.41) is 2.65. The zero-order valence-electron chi connectivity index (χ0n) is 16.6. The first kappa shape index (κ1) is 20.3. The van der Waals surface area contributed by atoms with Crippen molar-refractivity contribution in [2.75, 3.05) is 22.5 Å². The Bertz CT molecular complexity index is 1170. The van der Waals surface area contributed by atoms with E-state index < -0.39 is 15.7 Å². The van der Waals surface area contributed by atoms with E-state index in [4.69, 9.17) is 0 Å². The van der Waals surface area contributed by atoms with Gasteiger partial charge in [0.1, 0.15) is 0 Å². The molecule has 30 heavy (non-hydrogen) atoms. The van der Waals surface area contributed by atoms with E-state index >= 15 is 0 Å². The highest BCUT2D eigenvalue weighted by Crippen LogP contribution is 2.38. The molecule has 0 spiro atoms. The van der Waals surface area contributed by atoms with Gasteiger partial charge in [0.2, 0.25) is 11.8 Å². The van der Waals surface area contributed by atoms with E-state index in [1.807, 2.05) is 0 Å². The Kier molecular flexibility index (Phi) is 5.19. The van der Waals surface area contributed by atoms with Crippen LogP contribution in [-0.2, 0) is 32.3 Å². The molecule has 0 unspecified atom stereocenters. The van der Waals surface area contributed by atoms with E-state index in [-0.39, 0.29) is 28.8 Å². The number of benzene rings is 2. The minimum Gasteiger partial charge on any atom is -0.326 e. The lowest BCUT2D eigenvalue weighted by atomic mass is 10.00. The third-order valence-corrected chi connectivity index (χ3v) is 7.23. The van der Waals surface area contributed by atoms with Crippen LogP contribution < -0.4 is 10.2 Å². The number of carbonyl (C=O) groups is 3. The number of hydrogen-bond acceptors (Lipinski definition) is 5. The van der Waals surface area contributed by atoms with Crippen molar-refractivity contribution in [2.45, 2.75) is 37.5 Å². The molecule has 0 saturated heterocycles. The number of rotatable bonds is 6. The second-order valence-corrected chi connectivity index (χ2v) is 9.75. The molecule has 8 heteroatoms. The van der Waals surface area contributed by atoms with Crippen LogP contribution in [0.4, 0.5) is 11.4 Å². The molecule has 0 fully saturated rings. The molecule has 0 aliphatic carbocycles. The number of Topliss-reactive ketones (excluding diaryl/α,β-unsaturated/α-hetero) is 1. The maximum Gasteiger partial charge on any atom is 0.227 e. The van der Waals surface area contributed by atoms with E-state index in [1.54, 1.807) is 41.3 Å². The molecule has 7 nitrogen and oxygen atoms in total. The molecule has 0 bridgehead atoms. The molecule has 2 heterocycles. The number of nitrogens with zero attached hydrogens (tertiary/aromatic N) is 1. The van der Waals surface area contributed by atoms with E-state index in [1.165, 1.54) is 6.92 Å².